The number of esters is 1. The summed E-state index contributed by atoms with van der Waals surface area (Å²) < 4.78 is 5.94. The Hall–Kier alpha value is -2.88. The highest BCUT2D eigenvalue weighted by Crippen LogP contribution is 2.57. The van der Waals surface area contributed by atoms with Gasteiger partial charge in [0.05, 0.1) is 11.8 Å². The molecule has 0 saturated heterocycles. The normalized spacial score (nSPS) is 32.8. The highest BCUT2D eigenvalue weighted by Gasteiger charge is 2.61. The maximum absolute atomic E-state index is 13.5. The van der Waals surface area contributed by atoms with Gasteiger partial charge >= 0.3 is 11.9 Å². The molecule has 0 bridgehead atoms. The lowest BCUT2D eigenvalue weighted by Crippen LogP contribution is -2.58. The molecule has 3 rings (SSSR count). The van der Waals surface area contributed by atoms with Gasteiger partial charge in [-0.25, -0.2) is 0 Å². The molecule has 0 spiro atoms. The first kappa shape index (κ1) is 23.8. The Labute approximate surface area is 191 Å². The molecule has 0 aromatic heterocycles. The van der Waals surface area contributed by atoms with E-state index in [1.165, 1.54) is 0 Å². The van der Waals surface area contributed by atoms with Gasteiger partial charge in [0, 0.05) is 5.92 Å². The fraction of sp³-hybridized carbons (Fsp3) is 0.429. The van der Waals surface area contributed by atoms with E-state index in [2.05, 4.69) is 19.6 Å². The van der Waals surface area contributed by atoms with E-state index in [-0.39, 0.29) is 29.6 Å². The number of aliphatic carboxylic acids is 1. The van der Waals surface area contributed by atoms with Crippen molar-refractivity contribution in [1.82, 2.24) is 0 Å². The molecule has 0 aromatic carbocycles. The number of ether oxygens (including phenoxy) is 1. The molecule has 32 heavy (non-hydrogen) atoms. The molecule has 170 valence electrons. The first-order chi connectivity index (χ1) is 15.4. The van der Waals surface area contributed by atoms with Crippen LogP contribution in [-0.4, -0.2) is 23.1 Å². The van der Waals surface area contributed by atoms with Crippen LogP contribution in [0.3, 0.4) is 0 Å². The average molecular weight is 435 g/mol. The van der Waals surface area contributed by atoms with Gasteiger partial charge in [-0.15, -0.1) is 0 Å². The van der Waals surface area contributed by atoms with Gasteiger partial charge < -0.3 is 9.84 Å². The Kier molecular flexibility index (Phi) is 7.89. The molecule has 0 radical (unpaired) electrons. The fourth-order valence-corrected chi connectivity index (χ4v) is 5.40. The summed E-state index contributed by atoms with van der Waals surface area (Å²) in [5.74, 6) is -2.59. The van der Waals surface area contributed by atoms with Crippen molar-refractivity contribution in [2.75, 3.05) is 0 Å². The predicted octanol–water partition coefficient (Wildman–Crippen LogP) is 5.82. The third-order valence-electron chi connectivity index (χ3n) is 7.06. The van der Waals surface area contributed by atoms with Crippen molar-refractivity contribution in [2.45, 2.75) is 39.7 Å². The van der Waals surface area contributed by atoms with Crippen LogP contribution in [0.25, 0.3) is 0 Å². The summed E-state index contributed by atoms with van der Waals surface area (Å²) in [5, 5.41) is 10.2. The van der Waals surface area contributed by atoms with Crippen molar-refractivity contribution < 1.29 is 19.4 Å². The molecule has 2 unspecified atom stereocenters. The van der Waals surface area contributed by atoms with Gasteiger partial charge in [0.25, 0.3) is 0 Å². The molecule has 1 fully saturated rings. The smallest absolute Gasteiger partial charge is 0.310 e. The molecular formula is C28H34O4. The average Bonchev–Trinajstić information content (AvgIpc) is 2.75. The number of carbonyl (C=O) groups excluding carboxylic acids is 1. The molecule has 4 heteroatoms. The summed E-state index contributed by atoms with van der Waals surface area (Å²) in [6.45, 7) is 9.56. The van der Waals surface area contributed by atoms with E-state index >= 15 is 0 Å². The lowest BCUT2D eigenvalue weighted by atomic mass is 9.48. The number of carboxylic acids is 1. The van der Waals surface area contributed by atoms with Crippen LogP contribution >= 0.6 is 0 Å². The number of hydrogen-bond acceptors (Lipinski definition) is 3. The van der Waals surface area contributed by atoms with Crippen molar-refractivity contribution in [3.63, 3.8) is 0 Å². The Bertz CT molecular complexity index is 914. The van der Waals surface area contributed by atoms with Gasteiger partial charge in [-0.2, -0.15) is 0 Å². The number of allylic oxidation sites excluding steroid dienone is 11. The zero-order chi connectivity index (χ0) is 23.3. The van der Waals surface area contributed by atoms with Crippen LogP contribution in [0.5, 0.6) is 0 Å². The van der Waals surface area contributed by atoms with Crippen molar-refractivity contribution in [2.24, 2.45) is 35.5 Å². The van der Waals surface area contributed by atoms with E-state index in [4.69, 9.17) is 4.74 Å². The Balaban J connectivity index is 1.93. The van der Waals surface area contributed by atoms with Gasteiger partial charge in [-0.05, 0) is 50.0 Å². The van der Waals surface area contributed by atoms with Crippen LogP contribution in [0.1, 0.15) is 33.6 Å². The molecule has 4 nitrogen and oxygen atoms in total. The number of rotatable bonds is 8. The topological polar surface area (TPSA) is 63.6 Å². The van der Waals surface area contributed by atoms with E-state index in [1.807, 2.05) is 68.5 Å². The van der Waals surface area contributed by atoms with Crippen LogP contribution in [0.2, 0.25) is 0 Å². The molecule has 0 amide bonds. The second-order valence-electron chi connectivity index (χ2n) is 8.90. The maximum atomic E-state index is 13.5. The zero-order valence-corrected chi connectivity index (χ0v) is 19.2. The quantitative estimate of drug-likeness (QED) is 0.386. The highest BCUT2D eigenvalue weighted by atomic mass is 16.5. The molecule has 3 aliphatic rings. The molecule has 1 saturated carbocycles. The molecule has 7 atom stereocenters. The molecule has 0 aromatic rings. The summed E-state index contributed by atoms with van der Waals surface area (Å²) in [6.07, 6.45) is 22.6. The molecular weight excluding hydrogens is 400 g/mol. The summed E-state index contributed by atoms with van der Waals surface area (Å²) in [7, 11) is 0. The van der Waals surface area contributed by atoms with Crippen molar-refractivity contribution in [1.29, 1.82) is 0 Å². The number of carbonyl (C=O) groups is 2. The highest BCUT2D eigenvalue weighted by molar-refractivity contribution is 5.82. The lowest BCUT2D eigenvalue weighted by Gasteiger charge is -2.53. The fourth-order valence-electron chi connectivity index (χ4n) is 5.40. The minimum absolute atomic E-state index is 0.0158. The molecule has 3 aliphatic carbocycles. The first-order valence-electron chi connectivity index (χ1n) is 11.5. The van der Waals surface area contributed by atoms with Gasteiger partial charge in [-0.1, -0.05) is 85.9 Å². The van der Waals surface area contributed by atoms with E-state index in [0.717, 1.165) is 24.0 Å². The van der Waals surface area contributed by atoms with Crippen LogP contribution < -0.4 is 0 Å². The monoisotopic (exact) mass is 434 g/mol. The zero-order valence-electron chi connectivity index (χ0n) is 19.2. The lowest BCUT2D eigenvalue weighted by molar-refractivity contribution is -0.178. The summed E-state index contributed by atoms with van der Waals surface area (Å²) in [5.41, 5.74) is 1.94. The molecule has 0 heterocycles. The van der Waals surface area contributed by atoms with E-state index in [1.54, 1.807) is 6.08 Å². The van der Waals surface area contributed by atoms with Crippen LogP contribution in [0.4, 0.5) is 0 Å². The third kappa shape index (κ3) is 4.79. The van der Waals surface area contributed by atoms with Crippen LogP contribution in [0.15, 0.2) is 84.6 Å². The summed E-state index contributed by atoms with van der Waals surface area (Å²) >= 11 is 0. The van der Waals surface area contributed by atoms with Gasteiger partial charge in [0.1, 0.15) is 6.10 Å². The summed E-state index contributed by atoms with van der Waals surface area (Å²) in [6, 6.07) is 0. The first-order valence-corrected chi connectivity index (χ1v) is 11.5. The van der Waals surface area contributed by atoms with E-state index in [9.17, 15) is 14.7 Å². The Morgan fingerprint density at radius 3 is 2.53 bits per heavy atom. The molecule has 1 N–H and O–H groups in total. The summed E-state index contributed by atoms with van der Waals surface area (Å²) in [4.78, 5) is 25.9. The SMILES string of the molecule is C=C/C=C\C(=C/C)[C@H](C)OC(=O)[C@@H]1[C@H](C2=CC=CCC2C)[C@H](C(=O)O)[C@H]1C1C=CC=CC1. The van der Waals surface area contributed by atoms with Crippen LogP contribution in [-0.2, 0) is 14.3 Å². The molecule has 0 aliphatic heterocycles. The van der Waals surface area contributed by atoms with Gasteiger partial charge in [0.2, 0.25) is 0 Å². The number of hydrogen-bond donors (Lipinski definition) is 1. The second kappa shape index (κ2) is 10.6. The van der Waals surface area contributed by atoms with Crippen molar-refractivity contribution in [3.05, 3.63) is 84.6 Å². The Morgan fingerprint density at radius 1 is 1.19 bits per heavy atom. The van der Waals surface area contributed by atoms with E-state index < -0.39 is 23.9 Å². The van der Waals surface area contributed by atoms with Crippen LogP contribution in [0, 0.1) is 35.5 Å². The largest absolute Gasteiger partial charge is 0.481 e. The van der Waals surface area contributed by atoms with Gasteiger partial charge in [-0.3, -0.25) is 9.59 Å². The standard InChI is InChI=1S/C28H34O4/c1-5-7-14-20(6-2)19(4)32-28(31)26-23(21-15-9-8-10-16-21)25(27(29)30)24(26)22-17-12-11-13-18(22)3/h5-12,14-15,17-19,21,23-26H,1,13,16H2,2-4H3,(H,29,30)/b14-7-,20-6+/t18?,19-,21?,23+,24+,25+,26-/m0/s1. The van der Waals surface area contributed by atoms with Crippen molar-refractivity contribution in [3.8, 4) is 0 Å². The minimum atomic E-state index is -0.828. The maximum Gasteiger partial charge on any atom is 0.310 e. The number of carboxylic acid groups (broad SMARTS) is 1. The van der Waals surface area contributed by atoms with Crippen molar-refractivity contribution >= 4 is 11.9 Å². The Morgan fingerprint density at radius 2 is 1.94 bits per heavy atom. The third-order valence-corrected chi connectivity index (χ3v) is 7.06. The van der Waals surface area contributed by atoms with Gasteiger partial charge in [0.15, 0.2) is 0 Å². The minimum Gasteiger partial charge on any atom is -0.481 e. The second-order valence-corrected chi connectivity index (χ2v) is 8.90. The predicted molar refractivity (Wildman–Crippen MR) is 128 cm³/mol. The van der Waals surface area contributed by atoms with E-state index in [0.29, 0.717) is 0 Å².